The molecule has 0 saturated heterocycles. The second kappa shape index (κ2) is 6.11. The minimum atomic E-state index is -0.125. The predicted molar refractivity (Wildman–Crippen MR) is 87.1 cm³/mol. The summed E-state index contributed by atoms with van der Waals surface area (Å²) in [7, 11) is 3.80. The third kappa shape index (κ3) is 2.92. The first-order valence-corrected chi connectivity index (χ1v) is 7.63. The molecule has 0 bridgehead atoms. The zero-order chi connectivity index (χ0) is 15.5. The van der Waals surface area contributed by atoms with Crippen LogP contribution in [0.2, 0.25) is 0 Å². The van der Waals surface area contributed by atoms with Crippen LogP contribution >= 0.6 is 11.8 Å². The Hall–Kier alpha value is -2.47. The van der Waals surface area contributed by atoms with Crippen molar-refractivity contribution in [3.8, 4) is 0 Å². The molecule has 1 amide bonds. The number of benzene rings is 1. The summed E-state index contributed by atoms with van der Waals surface area (Å²) in [5.74, 6) is -0.125. The molecule has 0 spiro atoms. The molecule has 5 nitrogen and oxygen atoms in total. The maximum Gasteiger partial charge on any atom is 0.272 e. The molecule has 112 valence electrons. The van der Waals surface area contributed by atoms with E-state index in [-0.39, 0.29) is 5.91 Å². The fourth-order valence-electron chi connectivity index (χ4n) is 2.09. The molecule has 1 aromatic carbocycles. The number of imidazole rings is 1. The Morgan fingerprint density at radius 2 is 1.91 bits per heavy atom. The number of aryl methyl sites for hydroxylation is 2. The summed E-state index contributed by atoms with van der Waals surface area (Å²) in [5, 5.41) is 3.84. The number of hydrogen-bond acceptors (Lipinski definition) is 3. The number of para-hydroxylation sites is 1. The van der Waals surface area contributed by atoms with Gasteiger partial charge in [0.15, 0.2) is 5.16 Å². The van der Waals surface area contributed by atoms with E-state index in [4.69, 9.17) is 0 Å². The second-order valence-corrected chi connectivity index (χ2v) is 5.89. The van der Waals surface area contributed by atoms with Crippen molar-refractivity contribution in [1.29, 1.82) is 0 Å². The van der Waals surface area contributed by atoms with Crippen molar-refractivity contribution in [2.75, 3.05) is 5.32 Å². The van der Waals surface area contributed by atoms with Crippen LogP contribution in [0, 0.1) is 0 Å². The van der Waals surface area contributed by atoms with E-state index in [9.17, 15) is 4.79 Å². The first-order valence-electron chi connectivity index (χ1n) is 6.82. The summed E-state index contributed by atoms with van der Waals surface area (Å²) < 4.78 is 3.74. The summed E-state index contributed by atoms with van der Waals surface area (Å²) in [4.78, 5) is 17.6. The van der Waals surface area contributed by atoms with Crippen molar-refractivity contribution < 1.29 is 4.79 Å². The van der Waals surface area contributed by atoms with Crippen LogP contribution < -0.4 is 5.32 Å². The summed E-state index contributed by atoms with van der Waals surface area (Å²) in [6.07, 6.45) is 5.50. The van der Waals surface area contributed by atoms with E-state index in [0.29, 0.717) is 5.69 Å². The van der Waals surface area contributed by atoms with Gasteiger partial charge in [-0.05, 0) is 36.0 Å². The van der Waals surface area contributed by atoms with Crippen molar-refractivity contribution in [2.45, 2.75) is 10.1 Å². The van der Waals surface area contributed by atoms with Gasteiger partial charge >= 0.3 is 0 Å². The molecule has 6 heteroatoms. The van der Waals surface area contributed by atoms with Crippen LogP contribution in [0.25, 0.3) is 0 Å². The highest BCUT2D eigenvalue weighted by Gasteiger charge is 2.13. The third-order valence-electron chi connectivity index (χ3n) is 3.29. The molecular weight excluding hydrogens is 296 g/mol. The number of amides is 1. The Balaban J connectivity index is 1.84. The van der Waals surface area contributed by atoms with Crippen molar-refractivity contribution in [3.63, 3.8) is 0 Å². The van der Waals surface area contributed by atoms with Gasteiger partial charge in [-0.25, -0.2) is 4.98 Å². The van der Waals surface area contributed by atoms with E-state index < -0.39 is 0 Å². The maximum atomic E-state index is 12.4. The molecule has 0 saturated carbocycles. The number of rotatable bonds is 4. The second-order valence-electron chi connectivity index (χ2n) is 4.88. The molecule has 0 unspecified atom stereocenters. The molecule has 2 aromatic heterocycles. The Morgan fingerprint density at radius 3 is 2.59 bits per heavy atom. The highest BCUT2D eigenvalue weighted by molar-refractivity contribution is 7.99. The summed E-state index contributed by atoms with van der Waals surface area (Å²) in [5.41, 5.74) is 1.40. The van der Waals surface area contributed by atoms with Gasteiger partial charge in [0, 0.05) is 37.6 Å². The largest absolute Gasteiger partial charge is 0.347 e. The van der Waals surface area contributed by atoms with E-state index >= 15 is 0 Å². The van der Waals surface area contributed by atoms with Crippen LogP contribution in [0.15, 0.2) is 65.0 Å². The maximum absolute atomic E-state index is 12.4. The van der Waals surface area contributed by atoms with Crippen LogP contribution in [-0.4, -0.2) is 20.0 Å². The Morgan fingerprint density at radius 1 is 1.09 bits per heavy atom. The standard InChI is InChI=1S/C16H16N4OS/c1-19-10-5-7-13(19)15(21)18-12-6-3-4-8-14(12)22-16-17-9-11-20(16)2/h3-11H,1-2H3,(H,18,21). The number of aromatic nitrogens is 3. The Labute approximate surface area is 133 Å². The van der Waals surface area contributed by atoms with Gasteiger partial charge in [0.1, 0.15) is 5.69 Å². The zero-order valence-corrected chi connectivity index (χ0v) is 13.2. The number of anilines is 1. The van der Waals surface area contributed by atoms with Crippen molar-refractivity contribution in [1.82, 2.24) is 14.1 Å². The van der Waals surface area contributed by atoms with Gasteiger partial charge in [0.05, 0.1) is 5.69 Å². The molecule has 22 heavy (non-hydrogen) atoms. The molecule has 0 radical (unpaired) electrons. The fraction of sp³-hybridized carbons (Fsp3) is 0.125. The molecule has 0 aliphatic carbocycles. The quantitative estimate of drug-likeness (QED) is 0.805. The summed E-state index contributed by atoms with van der Waals surface area (Å²) in [6, 6.07) is 11.4. The first-order chi connectivity index (χ1) is 10.6. The average Bonchev–Trinajstić information content (AvgIpc) is 3.10. The van der Waals surface area contributed by atoms with Crippen LogP contribution in [0.4, 0.5) is 5.69 Å². The number of nitrogens with zero attached hydrogens (tertiary/aromatic N) is 3. The number of carbonyl (C=O) groups excluding carboxylic acids is 1. The fourth-order valence-corrected chi connectivity index (χ4v) is 2.98. The Kier molecular flexibility index (Phi) is 4.02. The molecule has 0 aliphatic rings. The lowest BCUT2D eigenvalue weighted by Gasteiger charge is -2.11. The van der Waals surface area contributed by atoms with Gasteiger partial charge in [-0.3, -0.25) is 4.79 Å². The van der Waals surface area contributed by atoms with Crippen LogP contribution in [-0.2, 0) is 14.1 Å². The van der Waals surface area contributed by atoms with Gasteiger partial charge in [-0.2, -0.15) is 0 Å². The minimum Gasteiger partial charge on any atom is -0.347 e. The Bertz CT molecular complexity index is 806. The van der Waals surface area contributed by atoms with Crippen LogP contribution in [0.1, 0.15) is 10.5 Å². The van der Waals surface area contributed by atoms with Gasteiger partial charge in [-0.15, -0.1) is 0 Å². The first kappa shape index (κ1) is 14.5. The van der Waals surface area contributed by atoms with Gasteiger partial charge < -0.3 is 14.5 Å². The normalized spacial score (nSPS) is 10.6. The molecule has 3 aromatic rings. The topological polar surface area (TPSA) is 51.9 Å². The van der Waals surface area contributed by atoms with Crippen molar-refractivity contribution in [3.05, 3.63) is 60.7 Å². The highest BCUT2D eigenvalue weighted by Crippen LogP contribution is 2.32. The van der Waals surface area contributed by atoms with Crippen LogP contribution in [0.5, 0.6) is 0 Å². The molecule has 0 fully saturated rings. The van der Waals surface area contributed by atoms with Gasteiger partial charge in [-0.1, -0.05) is 12.1 Å². The van der Waals surface area contributed by atoms with E-state index in [1.165, 1.54) is 11.8 Å². The molecule has 0 aliphatic heterocycles. The summed E-state index contributed by atoms with van der Waals surface area (Å²) >= 11 is 1.52. The summed E-state index contributed by atoms with van der Waals surface area (Å²) in [6.45, 7) is 0. The van der Waals surface area contributed by atoms with E-state index in [1.807, 2.05) is 61.4 Å². The van der Waals surface area contributed by atoms with E-state index in [1.54, 1.807) is 16.8 Å². The van der Waals surface area contributed by atoms with E-state index in [2.05, 4.69) is 10.3 Å². The SMILES string of the molecule is Cn1cccc1C(=O)Nc1ccccc1Sc1nccn1C. The lowest BCUT2D eigenvalue weighted by atomic mass is 10.3. The number of nitrogens with one attached hydrogen (secondary N) is 1. The smallest absolute Gasteiger partial charge is 0.272 e. The third-order valence-corrected chi connectivity index (χ3v) is 4.44. The van der Waals surface area contributed by atoms with Crippen molar-refractivity contribution >= 4 is 23.4 Å². The highest BCUT2D eigenvalue weighted by atomic mass is 32.2. The lowest BCUT2D eigenvalue weighted by Crippen LogP contribution is -2.15. The zero-order valence-electron chi connectivity index (χ0n) is 12.4. The number of carbonyl (C=O) groups is 1. The van der Waals surface area contributed by atoms with Gasteiger partial charge in [0.25, 0.3) is 5.91 Å². The predicted octanol–water partition coefficient (Wildman–Crippen LogP) is 3.16. The molecule has 3 rings (SSSR count). The average molecular weight is 312 g/mol. The monoisotopic (exact) mass is 312 g/mol. The van der Waals surface area contributed by atoms with Gasteiger partial charge in [0.2, 0.25) is 0 Å². The molecular formula is C16H16N4OS. The van der Waals surface area contributed by atoms with Crippen LogP contribution in [0.3, 0.4) is 0 Å². The van der Waals surface area contributed by atoms with E-state index in [0.717, 1.165) is 15.7 Å². The number of hydrogen-bond donors (Lipinski definition) is 1. The van der Waals surface area contributed by atoms with Crippen molar-refractivity contribution in [2.24, 2.45) is 14.1 Å². The lowest BCUT2D eigenvalue weighted by molar-refractivity contribution is 0.101. The molecule has 1 N–H and O–H groups in total. The molecule has 0 atom stereocenters. The molecule has 2 heterocycles. The minimum absolute atomic E-state index is 0.125.